The molecule has 0 unspecified atom stereocenters. The van der Waals surface area contributed by atoms with E-state index in [1.807, 2.05) is 0 Å². The molecule has 136 valence electrons. The van der Waals surface area contributed by atoms with Gasteiger partial charge in [0.15, 0.2) is 11.5 Å². The van der Waals surface area contributed by atoms with Crippen LogP contribution in [0.4, 0.5) is 0 Å². The van der Waals surface area contributed by atoms with Crippen molar-refractivity contribution in [3.63, 3.8) is 0 Å². The molecule has 0 saturated carbocycles. The van der Waals surface area contributed by atoms with Crippen molar-refractivity contribution >= 4 is 92.8 Å². The van der Waals surface area contributed by atoms with Crippen LogP contribution in [0.2, 0.25) is 40.2 Å². The molecule has 0 aromatic heterocycles. The molecule has 2 rings (SSSR count). The van der Waals surface area contributed by atoms with E-state index in [0.717, 1.165) is 0 Å². The molecule has 0 aliphatic heterocycles. The third-order valence-corrected chi connectivity index (χ3v) is 7.10. The molecule has 2 N–H and O–H groups in total. The van der Waals surface area contributed by atoms with Gasteiger partial charge in [0.2, 0.25) is 0 Å². The molecule has 2 aromatic rings. The standard InChI is InChI=1S/C15H8Cl8O2/c1-15(2,3-5(16)9(20)13(24)10(21)6(3)17)4-7(18)11(22)14(25)12(23)8(4)19/h24-25H,1-2H3. The molecule has 2 aromatic carbocycles. The van der Waals surface area contributed by atoms with E-state index in [1.54, 1.807) is 13.8 Å². The molecule has 25 heavy (non-hydrogen) atoms. The second-order valence-electron chi connectivity index (χ2n) is 5.58. The van der Waals surface area contributed by atoms with Crippen LogP contribution in [0, 0.1) is 0 Å². The summed E-state index contributed by atoms with van der Waals surface area (Å²) in [4.78, 5) is 0. The normalized spacial score (nSPS) is 11.9. The lowest BCUT2D eigenvalue weighted by atomic mass is 9.77. The molecular weight excluding hydrogens is 496 g/mol. The maximum atomic E-state index is 9.90. The topological polar surface area (TPSA) is 40.5 Å². The minimum absolute atomic E-state index is 0.0361. The first-order valence-electron chi connectivity index (χ1n) is 6.46. The molecular formula is C15H8Cl8O2. The summed E-state index contributed by atoms with van der Waals surface area (Å²) in [7, 11) is 0. The van der Waals surface area contributed by atoms with Gasteiger partial charge in [0.1, 0.15) is 20.1 Å². The number of benzene rings is 2. The molecule has 0 aliphatic rings. The highest BCUT2D eigenvalue weighted by molar-refractivity contribution is 6.51. The zero-order chi connectivity index (χ0) is 19.4. The monoisotopic (exact) mass is 500 g/mol. The van der Waals surface area contributed by atoms with E-state index < -0.39 is 16.9 Å². The van der Waals surface area contributed by atoms with Gasteiger partial charge in [-0.25, -0.2) is 0 Å². The van der Waals surface area contributed by atoms with E-state index in [4.69, 9.17) is 92.8 Å². The Morgan fingerprint density at radius 2 is 0.680 bits per heavy atom. The fraction of sp³-hybridized carbons (Fsp3) is 0.200. The molecule has 0 radical (unpaired) electrons. The number of hydrogen-bond acceptors (Lipinski definition) is 2. The number of phenolic OH excluding ortho intramolecular Hbond substituents is 2. The van der Waals surface area contributed by atoms with Crippen LogP contribution in [0.5, 0.6) is 11.5 Å². The molecule has 10 heteroatoms. The van der Waals surface area contributed by atoms with Crippen LogP contribution in [-0.2, 0) is 5.41 Å². The molecule has 0 fully saturated rings. The van der Waals surface area contributed by atoms with Gasteiger partial charge in [-0.05, 0) is 0 Å². The predicted octanol–water partition coefficient (Wildman–Crippen LogP) is 8.65. The summed E-state index contributed by atoms with van der Waals surface area (Å²) in [6.07, 6.45) is 0. The van der Waals surface area contributed by atoms with Crippen molar-refractivity contribution in [2.24, 2.45) is 0 Å². The molecule has 0 saturated heterocycles. The highest BCUT2D eigenvalue weighted by Crippen LogP contribution is 2.55. The van der Waals surface area contributed by atoms with Crippen molar-refractivity contribution in [1.29, 1.82) is 0 Å². The Kier molecular flexibility index (Phi) is 6.42. The maximum absolute atomic E-state index is 9.90. The first-order chi connectivity index (χ1) is 11.4. The lowest BCUT2D eigenvalue weighted by Crippen LogP contribution is -2.22. The number of phenols is 2. The molecule has 0 spiro atoms. The van der Waals surface area contributed by atoms with Gasteiger partial charge in [-0.3, -0.25) is 0 Å². The predicted molar refractivity (Wildman–Crippen MR) is 108 cm³/mol. The number of halogens is 8. The van der Waals surface area contributed by atoms with E-state index in [2.05, 4.69) is 0 Å². The average molecular weight is 504 g/mol. The summed E-state index contributed by atoms with van der Waals surface area (Å²) in [6, 6.07) is 0. The smallest absolute Gasteiger partial charge is 0.155 e. The Morgan fingerprint density at radius 3 is 0.880 bits per heavy atom. The van der Waals surface area contributed by atoms with Crippen molar-refractivity contribution in [2.75, 3.05) is 0 Å². The number of hydrogen-bond donors (Lipinski definition) is 2. The van der Waals surface area contributed by atoms with Crippen molar-refractivity contribution in [3.8, 4) is 11.5 Å². The van der Waals surface area contributed by atoms with E-state index >= 15 is 0 Å². The van der Waals surface area contributed by atoms with Crippen LogP contribution >= 0.6 is 92.8 Å². The lowest BCUT2D eigenvalue weighted by Gasteiger charge is -2.31. The highest BCUT2D eigenvalue weighted by atomic mass is 35.5. The fourth-order valence-electron chi connectivity index (χ4n) is 2.46. The number of aromatic hydroxyl groups is 2. The molecule has 0 aliphatic carbocycles. The molecule has 0 bridgehead atoms. The van der Waals surface area contributed by atoms with Crippen LogP contribution in [0.3, 0.4) is 0 Å². The van der Waals surface area contributed by atoms with Gasteiger partial charge in [0.25, 0.3) is 0 Å². The van der Waals surface area contributed by atoms with E-state index in [0.29, 0.717) is 0 Å². The average Bonchev–Trinajstić information content (AvgIpc) is 2.54. The molecule has 0 heterocycles. The summed E-state index contributed by atoms with van der Waals surface area (Å²) in [5, 5.41) is 18.9. The van der Waals surface area contributed by atoms with E-state index in [1.165, 1.54) is 0 Å². The largest absolute Gasteiger partial charge is 0.505 e. The van der Waals surface area contributed by atoms with Gasteiger partial charge in [0.05, 0.1) is 20.1 Å². The summed E-state index contributed by atoms with van der Waals surface area (Å²) >= 11 is 49.3. The van der Waals surface area contributed by atoms with Crippen LogP contribution in [0.15, 0.2) is 0 Å². The Hall–Kier alpha value is 0.360. The fourth-order valence-corrected chi connectivity index (χ4v) is 5.09. The van der Waals surface area contributed by atoms with Crippen LogP contribution in [0.25, 0.3) is 0 Å². The second kappa shape index (κ2) is 7.41. The Balaban J connectivity index is 2.96. The summed E-state index contributed by atoms with van der Waals surface area (Å²) in [5.74, 6) is -0.895. The van der Waals surface area contributed by atoms with Gasteiger partial charge in [0, 0.05) is 16.5 Å². The zero-order valence-corrected chi connectivity index (χ0v) is 18.5. The van der Waals surface area contributed by atoms with Crippen LogP contribution in [0.1, 0.15) is 25.0 Å². The Labute approximate surface area is 184 Å². The molecule has 0 amide bonds. The minimum atomic E-state index is -1.09. The van der Waals surface area contributed by atoms with Crippen LogP contribution in [-0.4, -0.2) is 10.2 Å². The third kappa shape index (κ3) is 3.34. The second-order valence-corrected chi connectivity index (χ2v) is 8.61. The van der Waals surface area contributed by atoms with Crippen LogP contribution < -0.4 is 0 Å². The van der Waals surface area contributed by atoms with Gasteiger partial charge in [-0.15, -0.1) is 0 Å². The van der Waals surface area contributed by atoms with Gasteiger partial charge in [-0.2, -0.15) is 0 Å². The van der Waals surface area contributed by atoms with Gasteiger partial charge < -0.3 is 10.2 Å². The third-order valence-electron chi connectivity index (χ3n) is 3.73. The van der Waals surface area contributed by atoms with E-state index in [9.17, 15) is 10.2 Å². The molecule has 0 atom stereocenters. The van der Waals surface area contributed by atoms with Gasteiger partial charge >= 0.3 is 0 Å². The number of rotatable bonds is 2. The Morgan fingerprint density at radius 1 is 0.480 bits per heavy atom. The maximum Gasteiger partial charge on any atom is 0.155 e. The summed E-state index contributed by atoms with van der Waals surface area (Å²) < 4.78 is 0. The van der Waals surface area contributed by atoms with Crippen molar-refractivity contribution in [3.05, 3.63) is 51.3 Å². The van der Waals surface area contributed by atoms with Crippen molar-refractivity contribution in [2.45, 2.75) is 19.3 Å². The van der Waals surface area contributed by atoms with Gasteiger partial charge in [-0.1, -0.05) is 107 Å². The zero-order valence-electron chi connectivity index (χ0n) is 12.4. The van der Waals surface area contributed by atoms with Crippen molar-refractivity contribution in [1.82, 2.24) is 0 Å². The summed E-state index contributed by atoms with van der Waals surface area (Å²) in [5.41, 5.74) is -0.583. The van der Waals surface area contributed by atoms with Crippen molar-refractivity contribution < 1.29 is 10.2 Å². The molecule has 2 nitrogen and oxygen atoms in total. The lowest BCUT2D eigenvalue weighted by molar-refractivity contribution is 0.474. The SMILES string of the molecule is CC(C)(c1c(Cl)c(Cl)c(O)c(Cl)c1Cl)c1c(Cl)c(Cl)c(O)c(Cl)c1Cl. The summed E-state index contributed by atoms with van der Waals surface area (Å²) in [6.45, 7) is 3.36. The highest BCUT2D eigenvalue weighted by Gasteiger charge is 2.37. The Bertz CT molecular complexity index is 763. The van der Waals surface area contributed by atoms with E-state index in [-0.39, 0.29) is 51.3 Å². The quantitative estimate of drug-likeness (QED) is 0.403. The first kappa shape index (κ1) is 21.7. The first-order valence-corrected chi connectivity index (χ1v) is 9.48. The minimum Gasteiger partial charge on any atom is -0.505 e.